The average Bonchev–Trinajstić information content (AvgIpc) is 2.77. The van der Waals surface area contributed by atoms with E-state index in [0.29, 0.717) is 17.9 Å². The van der Waals surface area contributed by atoms with Crippen molar-refractivity contribution in [2.45, 2.75) is 46.5 Å². The van der Waals surface area contributed by atoms with Crippen LogP contribution in [-0.2, 0) is 15.9 Å². The van der Waals surface area contributed by atoms with E-state index < -0.39 is 6.09 Å². The van der Waals surface area contributed by atoms with Gasteiger partial charge in [0, 0.05) is 14.2 Å². The highest BCUT2D eigenvalue weighted by Crippen LogP contribution is 2.42. The highest BCUT2D eigenvalue weighted by molar-refractivity contribution is 5.86. The van der Waals surface area contributed by atoms with E-state index >= 15 is 0 Å². The molecular formula is C27H37NO5. The molecule has 0 spiro atoms. The van der Waals surface area contributed by atoms with Crippen LogP contribution in [0, 0.1) is 6.92 Å². The number of aromatic hydroxyl groups is 1. The van der Waals surface area contributed by atoms with E-state index in [9.17, 15) is 9.90 Å². The summed E-state index contributed by atoms with van der Waals surface area (Å²) in [6.45, 7) is 10.7. The second-order valence-corrected chi connectivity index (χ2v) is 8.35. The first-order chi connectivity index (χ1) is 15.8. The number of phenolic OH excluding ortho intramolecular Hbond substituents is 1. The Morgan fingerprint density at radius 3 is 2.58 bits per heavy atom. The van der Waals surface area contributed by atoms with Crippen molar-refractivity contribution < 1.29 is 24.1 Å². The molecule has 0 aromatic heterocycles. The zero-order chi connectivity index (χ0) is 24.4. The molecule has 0 aliphatic heterocycles. The summed E-state index contributed by atoms with van der Waals surface area (Å²) in [6.07, 6.45) is 3.60. The number of aryl methyl sites for hydroxylation is 2. The lowest BCUT2D eigenvalue weighted by atomic mass is 9.91. The van der Waals surface area contributed by atoms with Gasteiger partial charge in [-0.3, -0.25) is 4.90 Å². The quantitative estimate of drug-likeness (QED) is 0.305. The Balaban J connectivity index is 2.41. The van der Waals surface area contributed by atoms with Crippen molar-refractivity contribution in [3.8, 4) is 22.6 Å². The minimum atomic E-state index is -0.505. The maximum atomic E-state index is 12.2. The predicted octanol–water partition coefficient (Wildman–Crippen LogP) is 6.18. The van der Waals surface area contributed by atoms with Gasteiger partial charge in [0.25, 0.3) is 0 Å². The van der Waals surface area contributed by atoms with E-state index in [2.05, 4.69) is 13.5 Å². The average molecular weight is 456 g/mol. The van der Waals surface area contributed by atoms with E-state index in [1.54, 1.807) is 14.2 Å². The predicted molar refractivity (Wildman–Crippen MR) is 133 cm³/mol. The van der Waals surface area contributed by atoms with Gasteiger partial charge in [-0.2, -0.15) is 0 Å². The number of methoxy groups -OCH3 is 1. The van der Waals surface area contributed by atoms with Crippen molar-refractivity contribution in [1.82, 2.24) is 4.90 Å². The summed E-state index contributed by atoms with van der Waals surface area (Å²) in [6, 6.07) is 9.81. The third kappa shape index (κ3) is 7.53. The standard InChI is InChI=1S/C27H37NO5/c1-7-8-9-10-21-16-24(29)26(23-15-20(4)11-12-22(23)19(2)3)25(17-21)33-18-28(5)27(30)32-14-13-31-6/h11-12,15-17,29H,2,7-10,13-14,18H2,1,3-6H3. The third-order valence-corrected chi connectivity index (χ3v) is 5.35. The Morgan fingerprint density at radius 1 is 1.15 bits per heavy atom. The normalized spacial score (nSPS) is 10.7. The number of rotatable bonds is 12. The summed E-state index contributed by atoms with van der Waals surface area (Å²) in [5.41, 5.74) is 5.33. The first-order valence-corrected chi connectivity index (χ1v) is 11.4. The molecule has 0 fully saturated rings. The van der Waals surface area contributed by atoms with Crippen LogP contribution in [0.2, 0.25) is 0 Å². The van der Waals surface area contributed by atoms with Gasteiger partial charge in [0.1, 0.15) is 18.1 Å². The van der Waals surface area contributed by atoms with Crippen molar-refractivity contribution >= 4 is 11.7 Å². The fourth-order valence-corrected chi connectivity index (χ4v) is 3.54. The molecule has 0 radical (unpaired) electrons. The molecule has 2 aromatic carbocycles. The van der Waals surface area contributed by atoms with Gasteiger partial charge in [0.05, 0.1) is 12.2 Å². The molecule has 6 heteroatoms. The van der Waals surface area contributed by atoms with Gasteiger partial charge in [-0.25, -0.2) is 4.79 Å². The van der Waals surface area contributed by atoms with Crippen LogP contribution in [0.25, 0.3) is 16.7 Å². The highest BCUT2D eigenvalue weighted by atomic mass is 16.6. The largest absolute Gasteiger partial charge is 0.507 e. The fraction of sp³-hybridized carbons (Fsp3) is 0.444. The second kappa shape index (κ2) is 12.9. The molecule has 0 bridgehead atoms. The monoisotopic (exact) mass is 455 g/mol. The molecule has 1 amide bonds. The molecule has 0 saturated heterocycles. The lowest BCUT2D eigenvalue weighted by Gasteiger charge is -2.21. The van der Waals surface area contributed by atoms with Crippen molar-refractivity contribution in [2.75, 3.05) is 34.1 Å². The number of benzene rings is 2. The molecule has 6 nitrogen and oxygen atoms in total. The summed E-state index contributed by atoms with van der Waals surface area (Å²) in [5.74, 6) is 0.670. The highest BCUT2D eigenvalue weighted by Gasteiger charge is 2.19. The van der Waals surface area contributed by atoms with Crippen LogP contribution in [-0.4, -0.2) is 50.2 Å². The molecule has 0 heterocycles. The van der Waals surface area contributed by atoms with Crippen LogP contribution >= 0.6 is 0 Å². The Bertz CT molecular complexity index is 954. The molecule has 180 valence electrons. The van der Waals surface area contributed by atoms with Gasteiger partial charge in [0.15, 0.2) is 6.73 Å². The van der Waals surface area contributed by atoms with Crippen molar-refractivity contribution in [1.29, 1.82) is 0 Å². The van der Waals surface area contributed by atoms with E-state index in [4.69, 9.17) is 14.2 Å². The van der Waals surface area contributed by atoms with E-state index in [1.165, 1.54) is 4.90 Å². The van der Waals surface area contributed by atoms with Gasteiger partial charge in [-0.1, -0.05) is 55.7 Å². The van der Waals surface area contributed by atoms with E-state index in [0.717, 1.165) is 53.5 Å². The van der Waals surface area contributed by atoms with Gasteiger partial charge >= 0.3 is 6.09 Å². The van der Waals surface area contributed by atoms with Gasteiger partial charge in [0.2, 0.25) is 0 Å². The molecule has 1 N–H and O–H groups in total. The van der Waals surface area contributed by atoms with Crippen molar-refractivity contribution in [3.05, 3.63) is 53.6 Å². The van der Waals surface area contributed by atoms with E-state index in [1.807, 2.05) is 44.2 Å². The zero-order valence-electron chi connectivity index (χ0n) is 20.6. The Hall–Kier alpha value is -2.99. The first-order valence-electron chi connectivity index (χ1n) is 11.4. The summed E-state index contributed by atoms with van der Waals surface area (Å²) < 4.78 is 16.1. The zero-order valence-corrected chi connectivity index (χ0v) is 20.6. The Kier molecular flexibility index (Phi) is 10.3. The fourth-order valence-electron chi connectivity index (χ4n) is 3.54. The number of unbranched alkanes of at least 4 members (excludes halogenated alkanes) is 2. The molecule has 0 saturated carbocycles. The maximum Gasteiger partial charge on any atom is 0.412 e. The van der Waals surface area contributed by atoms with E-state index in [-0.39, 0.29) is 19.1 Å². The van der Waals surface area contributed by atoms with Crippen LogP contribution < -0.4 is 4.74 Å². The molecule has 33 heavy (non-hydrogen) atoms. The SMILES string of the molecule is C=C(C)c1ccc(C)cc1-c1c(O)cc(CCCCC)cc1OCN(C)C(=O)OCCOC. The number of phenols is 1. The number of nitrogens with zero attached hydrogens (tertiary/aromatic N) is 1. The van der Waals surface area contributed by atoms with Crippen LogP contribution in [0.4, 0.5) is 4.79 Å². The first kappa shape index (κ1) is 26.3. The topological polar surface area (TPSA) is 68.2 Å². The van der Waals surface area contributed by atoms with Crippen LogP contribution in [0.3, 0.4) is 0 Å². The minimum Gasteiger partial charge on any atom is -0.507 e. The molecule has 2 rings (SSSR count). The Labute approximate surface area is 197 Å². The van der Waals surface area contributed by atoms with Crippen LogP contribution in [0.5, 0.6) is 11.5 Å². The molecule has 0 aliphatic carbocycles. The molecule has 0 unspecified atom stereocenters. The number of carbonyl (C=O) groups excluding carboxylic acids is 1. The minimum absolute atomic E-state index is 0.0229. The number of amides is 1. The lowest BCUT2D eigenvalue weighted by Crippen LogP contribution is -2.32. The molecular weight excluding hydrogens is 418 g/mol. The van der Waals surface area contributed by atoms with Gasteiger partial charge < -0.3 is 19.3 Å². The summed E-state index contributed by atoms with van der Waals surface area (Å²) in [7, 11) is 3.15. The van der Waals surface area contributed by atoms with Crippen LogP contribution in [0.1, 0.15) is 49.8 Å². The molecule has 0 aliphatic rings. The maximum absolute atomic E-state index is 12.2. The molecule has 2 aromatic rings. The Morgan fingerprint density at radius 2 is 1.91 bits per heavy atom. The lowest BCUT2D eigenvalue weighted by molar-refractivity contribution is 0.0598. The smallest absolute Gasteiger partial charge is 0.412 e. The summed E-state index contributed by atoms with van der Waals surface area (Å²) in [4.78, 5) is 13.5. The molecule has 0 atom stereocenters. The number of carbonyl (C=O) groups is 1. The summed E-state index contributed by atoms with van der Waals surface area (Å²) in [5, 5.41) is 11.1. The van der Waals surface area contributed by atoms with Crippen molar-refractivity contribution in [2.24, 2.45) is 0 Å². The number of ether oxygens (including phenoxy) is 3. The van der Waals surface area contributed by atoms with Gasteiger partial charge in [-0.05, 0) is 55.5 Å². The second-order valence-electron chi connectivity index (χ2n) is 8.35. The third-order valence-electron chi connectivity index (χ3n) is 5.35. The number of hydrogen-bond acceptors (Lipinski definition) is 5. The number of hydrogen-bond donors (Lipinski definition) is 1. The van der Waals surface area contributed by atoms with Gasteiger partial charge in [-0.15, -0.1) is 0 Å². The van der Waals surface area contributed by atoms with Crippen LogP contribution in [0.15, 0.2) is 36.9 Å². The van der Waals surface area contributed by atoms with Crippen molar-refractivity contribution in [3.63, 3.8) is 0 Å². The summed E-state index contributed by atoms with van der Waals surface area (Å²) >= 11 is 0. The number of allylic oxidation sites excluding steroid dienone is 1.